The minimum atomic E-state index is -1.73. The molecule has 0 saturated carbocycles. The molecule has 0 aliphatic carbocycles. The van der Waals surface area contributed by atoms with Crippen LogP contribution in [0.1, 0.15) is 11.6 Å². The smallest absolute Gasteiger partial charge is 0.410 e. The van der Waals surface area contributed by atoms with E-state index in [4.69, 9.17) is 5.11 Å². The first-order valence-electron chi connectivity index (χ1n) is 5.67. The van der Waals surface area contributed by atoms with Crippen molar-refractivity contribution in [2.45, 2.75) is 6.04 Å². The van der Waals surface area contributed by atoms with Gasteiger partial charge in [0.15, 0.2) is 23.5 Å². The number of ether oxygens (including phenoxy) is 1. The first kappa shape index (κ1) is 16.5. The van der Waals surface area contributed by atoms with E-state index in [1.54, 1.807) is 0 Å². The summed E-state index contributed by atoms with van der Waals surface area (Å²) in [5, 5.41) is 9.11. The zero-order valence-corrected chi connectivity index (χ0v) is 11.0. The molecule has 1 atom stereocenters. The van der Waals surface area contributed by atoms with E-state index in [-0.39, 0.29) is 6.61 Å². The number of carbonyl (C=O) groups excluding carboxylic acids is 1. The summed E-state index contributed by atoms with van der Waals surface area (Å²) in [6.07, 6.45) is 0.228. The molecule has 1 aromatic carbocycles. The molecule has 0 heterocycles. The number of rotatable bonds is 5. The topological polar surface area (TPSA) is 66.8 Å². The summed E-state index contributed by atoms with van der Waals surface area (Å²) >= 11 is 0. The lowest BCUT2D eigenvalue weighted by atomic mass is 10.1. The lowest BCUT2D eigenvalue weighted by molar-refractivity contribution is -0.142. The molecule has 0 aliphatic heterocycles. The summed E-state index contributed by atoms with van der Waals surface area (Å²) in [4.78, 5) is 23.4. The van der Waals surface area contributed by atoms with Crippen molar-refractivity contribution in [3.05, 3.63) is 47.8 Å². The van der Waals surface area contributed by atoms with Gasteiger partial charge in [-0.15, -0.1) is 0 Å². The highest BCUT2D eigenvalue weighted by molar-refractivity contribution is 5.81. The lowest BCUT2D eigenvalue weighted by Gasteiger charge is -2.24. The number of aliphatic carboxylic acids is 1. The van der Waals surface area contributed by atoms with E-state index in [0.29, 0.717) is 17.0 Å². The van der Waals surface area contributed by atoms with Crippen LogP contribution in [0.25, 0.3) is 0 Å². The molecule has 114 valence electrons. The summed E-state index contributed by atoms with van der Waals surface area (Å²) in [6.45, 7) is 3.15. The third kappa shape index (κ3) is 3.74. The van der Waals surface area contributed by atoms with E-state index in [1.807, 2.05) is 0 Å². The SMILES string of the molecule is C=CCOC(=O)N(C)C(C(=O)O)c1cc(F)c(F)c(F)c1. The summed E-state index contributed by atoms with van der Waals surface area (Å²) in [6, 6.07) is -0.713. The molecule has 0 spiro atoms. The normalized spacial score (nSPS) is 11.6. The first-order chi connectivity index (χ1) is 9.79. The number of nitrogens with zero attached hydrogens (tertiary/aromatic N) is 1. The molecule has 0 saturated heterocycles. The molecule has 1 amide bonds. The lowest BCUT2D eigenvalue weighted by Crippen LogP contribution is -2.36. The van der Waals surface area contributed by atoms with Gasteiger partial charge in [-0.25, -0.2) is 22.8 Å². The van der Waals surface area contributed by atoms with Gasteiger partial charge < -0.3 is 9.84 Å². The fourth-order valence-corrected chi connectivity index (χ4v) is 1.60. The molecule has 8 heteroatoms. The van der Waals surface area contributed by atoms with Crippen molar-refractivity contribution in [1.82, 2.24) is 4.90 Å². The van der Waals surface area contributed by atoms with Crippen LogP contribution in [-0.2, 0) is 9.53 Å². The fraction of sp³-hybridized carbons (Fsp3) is 0.231. The maximum Gasteiger partial charge on any atom is 0.410 e. The van der Waals surface area contributed by atoms with Crippen molar-refractivity contribution >= 4 is 12.1 Å². The Kier molecular flexibility index (Phi) is 5.34. The Bertz CT molecular complexity index is 554. The molecular formula is C13H12F3NO4. The van der Waals surface area contributed by atoms with Crippen LogP contribution in [0.4, 0.5) is 18.0 Å². The van der Waals surface area contributed by atoms with Gasteiger partial charge in [0.25, 0.3) is 0 Å². The summed E-state index contributed by atoms with van der Waals surface area (Å²) in [7, 11) is 1.07. The maximum absolute atomic E-state index is 13.2. The highest BCUT2D eigenvalue weighted by Gasteiger charge is 2.31. The third-order valence-corrected chi connectivity index (χ3v) is 2.56. The number of amides is 1. The Morgan fingerprint density at radius 2 is 1.90 bits per heavy atom. The largest absolute Gasteiger partial charge is 0.479 e. The molecule has 21 heavy (non-hydrogen) atoms. The molecule has 1 rings (SSSR count). The van der Waals surface area contributed by atoms with Crippen LogP contribution in [0.15, 0.2) is 24.8 Å². The molecule has 0 bridgehead atoms. The van der Waals surface area contributed by atoms with Gasteiger partial charge in [-0.1, -0.05) is 12.7 Å². The molecular weight excluding hydrogens is 291 g/mol. The predicted molar refractivity (Wildman–Crippen MR) is 66.0 cm³/mol. The van der Waals surface area contributed by atoms with Crippen LogP contribution < -0.4 is 0 Å². The number of carboxylic acids is 1. The average Bonchev–Trinajstić information content (AvgIpc) is 2.41. The Hall–Kier alpha value is -2.51. The average molecular weight is 303 g/mol. The van der Waals surface area contributed by atoms with Crippen molar-refractivity contribution in [3.8, 4) is 0 Å². The fourth-order valence-electron chi connectivity index (χ4n) is 1.60. The van der Waals surface area contributed by atoms with Gasteiger partial charge in [-0.05, 0) is 17.7 Å². The number of carboxylic acid groups (broad SMARTS) is 1. The van der Waals surface area contributed by atoms with E-state index >= 15 is 0 Å². The van der Waals surface area contributed by atoms with Crippen LogP contribution in [0, 0.1) is 17.5 Å². The number of benzene rings is 1. The highest BCUT2D eigenvalue weighted by atomic mass is 19.2. The molecule has 1 unspecified atom stereocenters. The monoisotopic (exact) mass is 303 g/mol. The Labute approximate surface area is 118 Å². The van der Waals surface area contributed by atoms with Gasteiger partial charge >= 0.3 is 12.1 Å². The molecule has 5 nitrogen and oxygen atoms in total. The third-order valence-electron chi connectivity index (χ3n) is 2.56. The van der Waals surface area contributed by atoms with Crippen LogP contribution in [0.5, 0.6) is 0 Å². The number of hydrogen-bond donors (Lipinski definition) is 1. The van der Waals surface area contributed by atoms with Crippen molar-refractivity contribution < 1.29 is 32.6 Å². The van der Waals surface area contributed by atoms with Gasteiger partial charge in [0.2, 0.25) is 0 Å². The molecule has 1 N–H and O–H groups in total. The zero-order chi connectivity index (χ0) is 16.2. The molecule has 1 aromatic rings. The Morgan fingerprint density at radius 3 is 2.33 bits per heavy atom. The van der Waals surface area contributed by atoms with Crippen molar-refractivity contribution in [2.75, 3.05) is 13.7 Å². The molecule has 0 aromatic heterocycles. The predicted octanol–water partition coefficient (Wildman–Crippen LogP) is 2.48. The molecule has 0 fully saturated rings. The van der Waals surface area contributed by atoms with E-state index < -0.39 is 41.1 Å². The minimum absolute atomic E-state index is 0.165. The van der Waals surface area contributed by atoms with Gasteiger partial charge in [0.1, 0.15) is 6.61 Å². The summed E-state index contributed by atoms with van der Waals surface area (Å²) in [5.41, 5.74) is -0.433. The second-order valence-corrected chi connectivity index (χ2v) is 4.02. The second kappa shape index (κ2) is 6.78. The van der Waals surface area contributed by atoms with Gasteiger partial charge in [-0.2, -0.15) is 0 Å². The highest BCUT2D eigenvalue weighted by Crippen LogP contribution is 2.24. The van der Waals surface area contributed by atoms with E-state index in [0.717, 1.165) is 7.05 Å². The Morgan fingerprint density at radius 1 is 1.38 bits per heavy atom. The maximum atomic E-state index is 13.2. The number of carbonyl (C=O) groups is 2. The first-order valence-corrected chi connectivity index (χ1v) is 5.67. The molecule has 0 radical (unpaired) electrons. The number of likely N-dealkylation sites (N-methyl/N-ethyl adjacent to an activating group) is 1. The van der Waals surface area contributed by atoms with Crippen LogP contribution in [0.3, 0.4) is 0 Å². The quantitative estimate of drug-likeness (QED) is 0.670. The van der Waals surface area contributed by atoms with Gasteiger partial charge in [-0.3, -0.25) is 4.90 Å². The summed E-state index contributed by atoms with van der Waals surface area (Å²) in [5.74, 6) is -6.38. The van der Waals surface area contributed by atoms with Crippen LogP contribution in [-0.4, -0.2) is 35.7 Å². The zero-order valence-electron chi connectivity index (χ0n) is 11.0. The van der Waals surface area contributed by atoms with Crippen LogP contribution >= 0.6 is 0 Å². The van der Waals surface area contributed by atoms with Crippen LogP contribution in [0.2, 0.25) is 0 Å². The van der Waals surface area contributed by atoms with Gasteiger partial charge in [0.05, 0.1) is 0 Å². The van der Waals surface area contributed by atoms with Crippen molar-refractivity contribution in [2.24, 2.45) is 0 Å². The van der Waals surface area contributed by atoms with Crippen molar-refractivity contribution in [1.29, 1.82) is 0 Å². The number of hydrogen-bond acceptors (Lipinski definition) is 3. The molecule has 0 aliphatic rings. The minimum Gasteiger partial charge on any atom is -0.479 e. The second-order valence-electron chi connectivity index (χ2n) is 4.02. The summed E-state index contributed by atoms with van der Waals surface area (Å²) < 4.78 is 43.9. The standard InChI is InChI=1S/C13H12F3NO4/c1-3-4-21-13(20)17(2)11(12(18)19)7-5-8(14)10(16)9(15)6-7/h3,5-6,11H,1,4H2,2H3,(H,18,19). The van der Waals surface area contributed by atoms with Crippen molar-refractivity contribution in [3.63, 3.8) is 0 Å². The van der Waals surface area contributed by atoms with E-state index in [9.17, 15) is 22.8 Å². The number of halogens is 3. The van der Waals surface area contributed by atoms with E-state index in [1.165, 1.54) is 6.08 Å². The van der Waals surface area contributed by atoms with E-state index in [2.05, 4.69) is 11.3 Å². The Balaban J connectivity index is 3.15. The van der Waals surface area contributed by atoms with Gasteiger partial charge in [0, 0.05) is 7.05 Å².